The first kappa shape index (κ1) is 48.5. The van der Waals surface area contributed by atoms with E-state index in [9.17, 15) is 41.5 Å². The Labute approximate surface area is 355 Å². The Morgan fingerprint density at radius 2 is 1.43 bits per heavy atom. The molecule has 61 heavy (non-hydrogen) atoms. The highest BCUT2D eigenvalue weighted by Crippen LogP contribution is 2.37. The summed E-state index contributed by atoms with van der Waals surface area (Å²) in [6.07, 6.45) is -2.46. The second-order valence-electron chi connectivity index (χ2n) is 15.6. The lowest BCUT2D eigenvalue weighted by Gasteiger charge is -2.30. The summed E-state index contributed by atoms with van der Waals surface area (Å²) in [6.45, 7) is 4.91. The van der Waals surface area contributed by atoms with Crippen LogP contribution in [0.1, 0.15) is 57.2 Å². The molecular formula is C43H57F2N5O10S. The fourth-order valence-electron chi connectivity index (χ4n) is 7.16. The minimum atomic E-state index is -3.74. The lowest BCUT2D eigenvalue weighted by atomic mass is 9.92. The van der Waals surface area contributed by atoms with E-state index in [4.69, 9.17) is 14.2 Å². The summed E-state index contributed by atoms with van der Waals surface area (Å²) in [5.74, 6) is -6.45. The summed E-state index contributed by atoms with van der Waals surface area (Å²) in [7, 11) is 0.373. The quantitative estimate of drug-likeness (QED) is 0.106. The van der Waals surface area contributed by atoms with Crippen molar-refractivity contribution in [3.8, 4) is 11.5 Å². The van der Waals surface area contributed by atoms with E-state index in [1.807, 2.05) is 30.3 Å². The average molecular weight is 874 g/mol. The van der Waals surface area contributed by atoms with E-state index in [0.29, 0.717) is 11.8 Å². The molecule has 0 heterocycles. The van der Waals surface area contributed by atoms with Gasteiger partial charge in [0, 0.05) is 51.4 Å². The summed E-state index contributed by atoms with van der Waals surface area (Å²) in [5, 5.41) is 22.8. The summed E-state index contributed by atoms with van der Waals surface area (Å²) in [4.78, 5) is 55.0. The highest BCUT2D eigenvalue weighted by atomic mass is 32.2. The maximum atomic E-state index is 14.3. The first-order valence-electron chi connectivity index (χ1n) is 19.9. The van der Waals surface area contributed by atoms with Crippen LogP contribution in [0.4, 0.5) is 8.78 Å². The van der Waals surface area contributed by atoms with Gasteiger partial charge in [-0.2, -0.15) is 0 Å². The number of methoxy groups -OCH3 is 2. The van der Waals surface area contributed by atoms with Gasteiger partial charge in [0.2, 0.25) is 33.7 Å². The minimum absolute atomic E-state index is 0.00300. The number of hydrogen-bond donors (Lipinski definition) is 5. The van der Waals surface area contributed by atoms with Crippen molar-refractivity contribution in [2.24, 2.45) is 17.8 Å². The van der Waals surface area contributed by atoms with Gasteiger partial charge in [-0.1, -0.05) is 56.3 Å². The molecule has 18 heteroatoms. The summed E-state index contributed by atoms with van der Waals surface area (Å²) < 4.78 is 70.8. The van der Waals surface area contributed by atoms with Crippen molar-refractivity contribution in [2.45, 2.75) is 83.0 Å². The Hall–Kier alpha value is -5.17. The van der Waals surface area contributed by atoms with Crippen LogP contribution in [0.15, 0.2) is 72.8 Å². The summed E-state index contributed by atoms with van der Waals surface area (Å²) in [5.41, 5.74) is 1.60. The Bertz CT molecular complexity index is 2040. The largest absolute Gasteiger partial charge is 0.497 e. The maximum Gasteiger partial charge on any atom is 0.249 e. The van der Waals surface area contributed by atoms with Crippen LogP contribution in [0.25, 0.3) is 0 Å². The second kappa shape index (κ2) is 22.1. The highest BCUT2D eigenvalue weighted by molar-refractivity contribution is 7.88. The third-order valence-electron chi connectivity index (χ3n) is 10.9. The number of aliphatic hydroxyl groups is 1. The molecule has 8 atom stereocenters. The summed E-state index contributed by atoms with van der Waals surface area (Å²) >= 11 is 0. The van der Waals surface area contributed by atoms with Crippen molar-refractivity contribution in [2.75, 3.05) is 34.1 Å². The zero-order valence-electron chi connectivity index (χ0n) is 35.4. The van der Waals surface area contributed by atoms with Crippen molar-refractivity contribution in [3.63, 3.8) is 0 Å². The van der Waals surface area contributed by atoms with Gasteiger partial charge < -0.3 is 40.6 Å². The Kier molecular flexibility index (Phi) is 17.6. The fourth-order valence-corrected chi connectivity index (χ4v) is 7.87. The average Bonchev–Trinajstić information content (AvgIpc) is 3.67. The molecule has 0 unspecified atom stereocenters. The number of nitrogens with one attached hydrogen (secondary N) is 4. The van der Waals surface area contributed by atoms with Gasteiger partial charge in [0.05, 0.1) is 43.4 Å². The number of sulfonamides is 1. The molecule has 0 aliphatic heterocycles. The van der Waals surface area contributed by atoms with E-state index in [2.05, 4.69) is 21.3 Å². The van der Waals surface area contributed by atoms with Crippen LogP contribution in [0.2, 0.25) is 0 Å². The lowest BCUT2D eigenvalue weighted by molar-refractivity contribution is -0.138. The topological polar surface area (TPSA) is 202 Å². The number of nitrogens with zero attached hydrogens (tertiary/aromatic N) is 1. The molecule has 334 valence electrons. The van der Waals surface area contributed by atoms with Crippen molar-refractivity contribution >= 4 is 33.7 Å². The molecule has 3 aromatic rings. The Morgan fingerprint density at radius 1 is 0.836 bits per heavy atom. The fraction of sp³-hybridized carbons (Fsp3) is 0.488. The van der Waals surface area contributed by atoms with Gasteiger partial charge in [-0.25, -0.2) is 21.5 Å². The van der Waals surface area contributed by atoms with Crippen molar-refractivity contribution in [3.05, 3.63) is 95.6 Å². The van der Waals surface area contributed by atoms with Crippen molar-refractivity contribution < 1.29 is 55.7 Å². The van der Waals surface area contributed by atoms with Gasteiger partial charge in [0.1, 0.15) is 41.9 Å². The van der Waals surface area contributed by atoms with E-state index >= 15 is 0 Å². The number of carbonyl (C=O) groups is 4. The number of amides is 4. The highest BCUT2D eigenvalue weighted by Gasteiger charge is 2.46. The van der Waals surface area contributed by atoms with Crippen LogP contribution in [-0.2, 0) is 40.5 Å². The molecule has 0 aromatic heterocycles. The SMILES string of the molecule is COc1ccc([C@H](C)NC(=O)[C@@H]2C[C@H](N(C)S(C)(=O)=O)C[C@H]2C(=O)N[C@@H](COc2cc(F)cc(F)c2)[C@@H](O)C[C@@H](OC)C(=O)N[C@H](C(=O)NCc2ccccc2)C(C)C)cc1. The Balaban J connectivity index is 1.56. The van der Waals surface area contributed by atoms with E-state index in [0.717, 1.165) is 33.8 Å². The maximum absolute atomic E-state index is 14.3. The van der Waals surface area contributed by atoms with Crippen molar-refractivity contribution in [1.82, 2.24) is 25.6 Å². The van der Waals surface area contributed by atoms with E-state index < -0.39 is 107 Å². The minimum Gasteiger partial charge on any atom is -0.497 e. The first-order valence-corrected chi connectivity index (χ1v) is 21.8. The zero-order chi connectivity index (χ0) is 45.0. The Morgan fingerprint density at radius 3 is 1.97 bits per heavy atom. The predicted octanol–water partition coefficient (Wildman–Crippen LogP) is 3.22. The van der Waals surface area contributed by atoms with E-state index in [1.54, 1.807) is 45.0 Å². The third-order valence-corrected chi connectivity index (χ3v) is 12.2. The van der Waals surface area contributed by atoms with Gasteiger partial charge in [-0.15, -0.1) is 0 Å². The monoisotopic (exact) mass is 873 g/mol. The van der Waals surface area contributed by atoms with Gasteiger partial charge in [0.15, 0.2) is 0 Å². The first-order chi connectivity index (χ1) is 28.8. The van der Waals surface area contributed by atoms with Gasteiger partial charge in [-0.3, -0.25) is 19.2 Å². The molecule has 3 aromatic carbocycles. The number of aliphatic hydroxyl groups excluding tert-OH is 1. The molecule has 1 fully saturated rings. The molecule has 1 aliphatic carbocycles. The van der Waals surface area contributed by atoms with Gasteiger partial charge in [-0.05, 0) is 48.9 Å². The van der Waals surface area contributed by atoms with Crippen LogP contribution in [0.3, 0.4) is 0 Å². The number of benzene rings is 3. The molecule has 0 spiro atoms. The molecule has 0 bridgehead atoms. The van der Waals surface area contributed by atoms with Gasteiger partial charge >= 0.3 is 0 Å². The van der Waals surface area contributed by atoms with E-state index in [-0.39, 0.29) is 31.1 Å². The molecule has 4 rings (SSSR count). The molecule has 5 N–H and O–H groups in total. The molecule has 1 aliphatic rings. The number of carbonyl (C=O) groups excluding carboxylic acids is 4. The molecule has 1 saturated carbocycles. The van der Waals surface area contributed by atoms with Crippen LogP contribution < -0.4 is 30.7 Å². The smallest absolute Gasteiger partial charge is 0.249 e. The molecule has 0 saturated heterocycles. The van der Waals surface area contributed by atoms with Crippen LogP contribution >= 0.6 is 0 Å². The summed E-state index contributed by atoms with van der Waals surface area (Å²) in [6, 6.07) is 15.1. The number of halogens is 2. The number of hydrogen-bond acceptors (Lipinski definition) is 10. The van der Waals surface area contributed by atoms with Crippen LogP contribution in [0, 0.1) is 29.4 Å². The van der Waals surface area contributed by atoms with Crippen LogP contribution in [-0.4, -0.2) is 106 Å². The zero-order valence-corrected chi connectivity index (χ0v) is 36.2. The normalized spacial score (nSPS) is 19.0. The molecule has 15 nitrogen and oxygen atoms in total. The molecular weight excluding hydrogens is 817 g/mol. The predicted molar refractivity (Wildman–Crippen MR) is 222 cm³/mol. The number of rotatable bonds is 21. The second-order valence-corrected chi connectivity index (χ2v) is 17.7. The molecule has 4 amide bonds. The van der Waals surface area contributed by atoms with Crippen LogP contribution in [0.5, 0.6) is 11.5 Å². The van der Waals surface area contributed by atoms with Crippen molar-refractivity contribution in [1.29, 1.82) is 0 Å². The number of ether oxygens (including phenoxy) is 3. The third kappa shape index (κ3) is 13.9. The standard InChI is InChI=1S/C43H57F2N5O10S/c1-25(2)39(43(55)46-23-27-11-9-8-10-12-27)49-42(54)38(59-6)22-37(51)36(24-60-33-18-29(44)17-30(45)19-33)48-41(53)35-21-31(50(4)61(7,56)57)20-34(35)40(52)47-26(3)28-13-15-32(58-5)16-14-28/h8-19,25-26,31,34-39,51H,20-24H2,1-7H3,(H,46,55)(H,47,52)(H,48,53)(H,49,54)/t26-,31-,34+,35+,36-,37-,38+,39-/m0/s1. The van der Waals surface area contributed by atoms with Gasteiger partial charge in [0.25, 0.3) is 0 Å². The molecule has 0 radical (unpaired) electrons. The lowest BCUT2D eigenvalue weighted by Crippen LogP contribution is -2.54. The van der Waals surface area contributed by atoms with E-state index in [1.165, 1.54) is 21.3 Å².